The topological polar surface area (TPSA) is 89.0 Å². The summed E-state index contributed by atoms with van der Waals surface area (Å²) in [7, 11) is 3.28. The van der Waals surface area contributed by atoms with E-state index in [2.05, 4.69) is 25.6 Å². The van der Waals surface area contributed by atoms with Gasteiger partial charge in [0.2, 0.25) is 0 Å². The highest BCUT2D eigenvalue weighted by Crippen LogP contribution is 2.23. The van der Waals surface area contributed by atoms with Crippen LogP contribution in [0.4, 0.5) is 5.82 Å². The van der Waals surface area contributed by atoms with Crippen molar-refractivity contribution in [2.75, 3.05) is 19.5 Å². The lowest BCUT2D eigenvalue weighted by molar-refractivity contribution is 0.0947. The van der Waals surface area contributed by atoms with Crippen LogP contribution in [0.1, 0.15) is 16.1 Å². The molecule has 0 fully saturated rings. The molecule has 0 aliphatic carbocycles. The van der Waals surface area contributed by atoms with Crippen molar-refractivity contribution in [1.82, 2.24) is 20.3 Å². The second-order valence-corrected chi connectivity index (χ2v) is 6.02. The molecule has 3 rings (SSSR count). The van der Waals surface area contributed by atoms with Crippen molar-refractivity contribution < 1.29 is 9.53 Å². The SMILES string of the molecule is CNc1cc(CNC(=O)c2cc(Cl)ccc2OC)nc(-c2cccnc2)n1. The van der Waals surface area contributed by atoms with Crippen LogP contribution in [-0.4, -0.2) is 35.0 Å². The lowest BCUT2D eigenvalue weighted by atomic mass is 10.2. The van der Waals surface area contributed by atoms with Crippen molar-refractivity contribution in [3.63, 3.8) is 0 Å². The molecule has 0 radical (unpaired) electrons. The van der Waals surface area contributed by atoms with Crippen LogP contribution in [0.15, 0.2) is 48.8 Å². The number of anilines is 1. The molecule has 8 heteroatoms. The van der Waals surface area contributed by atoms with Gasteiger partial charge in [-0.2, -0.15) is 0 Å². The Kier molecular flexibility index (Phi) is 5.83. The van der Waals surface area contributed by atoms with Crippen LogP contribution < -0.4 is 15.4 Å². The van der Waals surface area contributed by atoms with Crippen molar-refractivity contribution in [2.45, 2.75) is 6.54 Å². The van der Waals surface area contributed by atoms with Gasteiger partial charge in [-0.25, -0.2) is 9.97 Å². The number of carbonyl (C=O) groups is 1. The maximum Gasteiger partial charge on any atom is 0.255 e. The summed E-state index contributed by atoms with van der Waals surface area (Å²) < 4.78 is 5.22. The summed E-state index contributed by atoms with van der Waals surface area (Å²) in [5, 5.41) is 6.29. The fraction of sp³-hybridized carbons (Fsp3) is 0.158. The Hall–Kier alpha value is -3.19. The number of amides is 1. The Morgan fingerprint density at radius 3 is 2.78 bits per heavy atom. The van der Waals surface area contributed by atoms with Crippen LogP contribution in [0.5, 0.6) is 5.75 Å². The van der Waals surface area contributed by atoms with E-state index in [0.29, 0.717) is 33.7 Å². The molecule has 0 spiro atoms. The monoisotopic (exact) mass is 383 g/mol. The fourth-order valence-electron chi connectivity index (χ4n) is 2.46. The molecule has 1 aromatic carbocycles. The van der Waals surface area contributed by atoms with Gasteiger partial charge in [0.15, 0.2) is 5.82 Å². The van der Waals surface area contributed by atoms with Gasteiger partial charge < -0.3 is 15.4 Å². The minimum absolute atomic E-state index is 0.221. The summed E-state index contributed by atoms with van der Waals surface area (Å²) in [6.07, 6.45) is 3.37. The third kappa shape index (κ3) is 4.51. The van der Waals surface area contributed by atoms with Gasteiger partial charge in [0.25, 0.3) is 5.91 Å². The summed E-state index contributed by atoms with van der Waals surface area (Å²) >= 11 is 5.99. The normalized spacial score (nSPS) is 10.3. The van der Waals surface area contributed by atoms with Crippen molar-refractivity contribution >= 4 is 23.3 Å². The molecule has 0 aliphatic rings. The summed E-state index contributed by atoms with van der Waals surface area (Å²) in [4.78, 5) is 25.6. The molecular formula is C19H18ClN5O2. The van der Waals surface area contributed by atoms with Crippen LogP contribution in [-0.2, 0) is 6.54 Å². The molecule has 2 N–H and O–H groups in total. The first kappa shape index (κ1) is 18.6. The van der Waals surface area contributed by atoms with Gasteiger partial charge in [-0.1, -0.05) is 11.6 Å². The van der Waals surface area contributed by atoms with Crippen LogP contribution in [0.3, 0.4) is 0 Å². The first-order chi connectivity index (χ1) is 13.1. The number of carbonyl (C=O) groups excluding carboxylic acids is 1. The Morgan fingerprint density at radius 2 is 2.07 bits per heavy atom. The predicted octanol–water partition coefficient (Wildman–Crippen LogP) is 3.17. The zero-order valence-corrected chi connectivity index (χ0v) is 15.6. The van der Waals surface area contributed by atoms with Crippen molar-refractivity contribution in [3.05, 3.63) is 65.1 Å². The molecule has 0 bridgehead atoms. The van der Waals surface area contributed by atoms with E-state index in [0.717, 1.165) is 5.56 Å². The highest BCUT2D eigenvalue weighted by Gasteiger charge is 2.14. The minimum Gasteiger partial charge on any atom is -0.496 e. The molecule has 2 aromatic heterocycles. The lowest BCUT2D eigenvalue weighted by Gasteiger charge is -2.11. The standard InChI is InChI=1S/C19H18ClN5O2/c1-21-17-9-14(24-18(25-17)12-4-3-7-22-10-12)11-23-19(26)15-8-13(20)5-6-16(15)27-2/h3-10H,11H2,1-2H3,(H,23,26)(H,21,24,25). The largest absolute Gasteiger partial charge is 0.496 e. The maximum absolute atomic E-state index is 12.5. The first-order valence-electron chi connectivity index (χ1n) is 8.18. The van der Waals surface area contributed by atoms with Crippen molar-refractivity contribution in [3.8, 4) is 17.1 Å². The van der Waals surface area contributed by atoms with Gasteiger partial charge in [-0.3, -0.25) is 9.78 Å². The van der Waals surface area contributed by atoms with Gasteiger partial charge in [0.1, 0.15) is 11.6 Å². The summed E-state index contributed by atoms with van der Waals surface area (Å²) in [6.45, 7) is 0.221. The minimum atomic E-state index is -0.304. The van der Waals surface area contributed by atoms with Crippen LogP contribution in [0.2, 0.25) is 5.02 Å². The molecule has 0 aliphatic heterocycles. The maximum atomic E-state index is 12.5. The van der Waals surface area contributed by atoms with Gasteiger partial charge in [0, 0.05) is 36.1 Å². The molecule has 27 heavy (non-hydrogen) atoms. The highest BCUT2D eigenvalue weighted by atomic mass is 35.5. The summed E-state index contributed by atoms with van der Waals surface area (Å²) in [6, 6.07) is 10.4. The number of halogens is 1. The molecule has 0 saturated carbocycles. The van der Waals surface area contributed by atoms with E-state index in [1.165, 1.54) is 7.11 Å². The van der Waals surface area contributed by atoms with E-state index in [4.69, 9.17) is 16.3 Å². The molecule has 0 unspecified atom stereocenters. The van der Waals surface area contributed by atoms with Crippen LogP contribution in [0, 0.1) is 0 Å². The third-order valence-electron chi connectivity index (χ3n) is 3.79. The molecule has 1 amide bonds. The Labute approximate surface area is 161 Å². The van der Waals surface area contributed by atoms with Crippen molar-refractivity contribution in [1.29, 1.82) is 0 Å². The Morgan fingerprint density at radius 1 is 1.22 bits per heavy atom. The molecule has 0 saturated heterocycles. The van der Waals surface area contributed by atoms with E-state index in [1.54, 1.807) is 43.7 Å². The number of hydrogen-bond donors (Lipinski definition) is 2. The van der Waals surface area contributed by atoms with E-state index in [9.17, 15) is 4.79 Å². The lowest BCUT2D eigenvalue weighted by Crippen LogP contribution is -2.24. The zero-order valence-electron chi connectivity index (χ0n) is 14.9. The van der Waals surface area contributed by atoms with E-state index in [1.807, 2.05) is 12.1 Å². The number of hydrogen-bond acceptors (Lipinski definition) is 6. The quantitative estimate of drug-likeness (QED) is 0.679. The van der Waals surface area contributed by atoms with E-state index in [-0.39, 0.29) is 12.5 Å². The number of rotatable bonds is 6. The van der Waals surface area contributed by atoms with Gasteiger partial charge in [-0.15, -0.1) is 0 Å². The second-order valence-electron chi connectivity index (χ2n) is 5.59. The number of methoxy groups -OCH3 is 1. The van der Waals surface area contributed by atoms with E-state index < -0.39 is 0 Å². The first-order valence-corrected chi connectivity index (χ1v) is 8.56. The smallest absolute Gasteiger partial charge is 0.255 e. The van der Waals surface area contributed by atoms with Crippen LogP contribution >= 0.6 is 11.6 Å². The fourth-order valence-corrected chi connectivity index (χ4v) is 2.64. The second kappa shape index (κ2) is 8.46. The number of aromatic nitrogens is 3. The molecule has 3 aromatic rings. The number of nitrogens with zero attached hydrogens (tertiary/aromatic N) is 3. The summed E-state index contributed by atoms with van der Waals surface area (Å²) in [5.41, 5.74) is 1.81. The Balaban J connectivity index is 1.82. The molecule has 138 valence electrons. The molecule has 7 nitrogen and oxygen atoms in total. The van der Waals surface area contributed by atoms with Crippen LogP contribution in [0.25, 0.3) is 11.4 Å². The zero-order chi connectivity index (χ0) is 19.2. The van der Waals surface area contributed by atoms with E-state index >= 15 is 0 Å². The number of pyridine rings is 1. The Bertz CT molecular complexity index is 950. The summed E-state index contributed by atoms with van der Waals surface area (Å²) in [5.74, 6) is 1.32. The van der Waals surface area contributed by atoms with Gasteiger partial charge in [-0.05, 0) is 30.3 Å². The van der Waals surface area contributed by atoms with Gasteiger partial charge in [0.05, 0.1) is 24.9 Å². The molecule has 0 atom stereocenters. The average Bonchev–Trinajstić information content (AvgIpc) is 2.72. The number of benzene rings is 1. The van der Waals surface area contributed by atoms with Crippen molar-refractivity contribution in [2.24, 2.45) is 0 Å². The molecule has 2 heterocycles. The third-order valence-corrected chi connectivity index (χ3v) is 4.03. The average molecular weight is 384 g/mol. The van der Waals surface area contributed by atoms with Gasteiger partial charge >= 0.3 is 0 Å². The predicted molar refractivity (Wildman–Crippen MR) is 104 cm³/mol. The number of ether oxygens (including phenoxy) is 1. The highest BCUT2D eigenvalue weighted by molar-refractivity contribution is 6.31. The molecular weight excluding hydrogens is 366 g/mol. The number of nitrogens with one attached hydrogen (secondary N) is 2.